The van der Waals surface area contributed by atoms with E-state index in [4.69, 9.17) is 4.52 Å². The second kappa shape index (κ2) is 5.29. The van der Waals surface area contributed by atoms with Crippen LogP contribution in [0.2, 0.25) is 0 Å². The molecular formula is C16H16FN3O2. The number of carbonyl (C=O) groups is 1. The summed E-state index contributed by atoms with van der Waals surface area (Å²) in [5.41, 5.74) is 2.69. The maximum absolute atomic E-state index is 14.1. The van der Waals surface area contributed by atoms with Gasteiger partial charge in [0.05, 0.1) is 17.3 Å². The third kappa shape index (κ3) is 2.59. The number of aromatic amines is 1. The zero-order valence-electron chi connectivity index (χ0n) is 12.5. The summed E-state index contributed by atoms with van der Waals surface area (Å²) in [5.74, 6) is -0.570. The van der Waals surface area contributed by atoms with Gasteiger partial charge in [-0.05, 0) is 44.5 Å². The normalized spacial score (nSPS) is 12.5. The van der Waals surface area contributed by atoms with E-state index in [1.807, 2.05) is 19.1 Å². The molecule has 22 heavy (non-hydrogen) atoms. The first-order chi connectivity index (χ1) is 10.4. The van der Waals surface area contributed by atoms with Crippen molar-refractivity contribution in [1.82, 2.24) is 15.5 Å². The van der Waals surface area contributed by atoms with Crippen LogP contribution in [0.4, 0.5) is 4.39 Å². The van der Waals surface area contributed by atoms with Crippen LogP contribution in [0, 0.1) is 19.7 Å². The zero-order chi connectivity index (χ0) is 15.9. The van der Waals surface area contributed by atoms with Crippen LogP contribution >= 0.6 is 0 Å². The minimum Gasteiger partial charge on any atom is -0.356 e. The number of amides is 1. The molecule has 1 aromatic carbocycles. The molecular weight excluding hydrogens is 285 g/mol. The van der Waals surface area contributed by atoms with E-state index in [1.165, 1.54) is 6.07 Å². The Morgan fingerprint density at radius 1 is 1.32 bits per heavy atom. The molecule has 0 saturated heterocycles. The molecule has 0 radical (unpaired) electrons. The molecule has 0 fully saturated rings. The van der Waals surface area contributed by atoms with Gasteiger partial charge in [-0.25, -0.2) is 4.39 Å². The summed E-state index contributed by atoms with van der Waals surface area (Å²) < 4.78 is 19.0. The standard InChI is InChI=1S/C16H16FN3O2/c1-8-4-12-6-11(7-13(17)15(12)18-8)10(3)19-16(21)14-5-9(2)20-22-14/h4-7,10,18H,1-3H3,(H,19,21). The van der Waals surface area contributed by atoms with Crippen LogP contribution in [0.5, 0.6) is 0 Å². The second-order valence-corrected chi connectivity index (χ2v) is 5.45. The van der Waals surface area contributed by atoms with Crippen LogP contribution in [0.3, 0.4) is 0 Å². The Kier molecular flexibility index (Phi) is 3.44. The molecule has 3 aromatic rings. The molecule has 5 nitrogen and oxygen atoms in total. The summed E-state index contributed by atoms with van der Waals surface area (Å²) in [4.78, 5) is 15.0. The summed E-state index contributed by atoms with van der Waals surface area (Å²) in [6, 6.07) is 6.36. The molecule has 2 heterocycles. The summed E-state index contributed by atoms with van der Waals surface area (Å²) in [6.45, 7) is 5.40. The van der Waals surface area contributed by atoms with Crippen molar-refractivity contribution in [2.24, 2.45) is 0 Å². The lowest BCUT2D eigenvalue weighted by Gasteiger charge is -2.13. The summed E-state index contributed by atoms with van der Waals surface area (Å²) >= 11 is 0. The third-order valence-electron chi connectivity index (χ3n) is 3.54. The highest BCUT2D eigenvalue weighted by Gasteiger charge is 2.17. The Bertz CT molecular complexity index is 850. The SMILES string of the molecule is Cc1cc(C(=O)NC(C)c2cc(F)c3[nH]c(C)cc3c2)on1. The largest absolute Gasteiger partial charge is 0.356 e. The van der Waals surface area contributed by atoms with Crippen molar-refractivity contribution < 1.29 is 13.7 Å². The lowest BCUT2D eigenvalue weighted by Crippen LogP contribution is -2.26. The van der Waals surface area contributed by atoms with Gasteiger partial charge in [0.25, 0.3) is 5.91 Å². The minimum absolute atomic E-state index is 0.142. The van der Waals surface area contributed by atoms with Crippen LogP contribution in [0.25, 0.3) is 10.9 Å². The Morgan fingerprint density at radius 2 is 2.09 bits per heavy atom. The quantitative estimate of drug-likeness (QED) is 0.779. The fourth-order valence-corrected chi connectivity index (χ4v) is 2.43. The van der Waals surface area contributed by atoms with Gasteiger partial charge in [-0.15, -0.1) is 0 Å². The topological polar surface area (TPSA) is 70.9 Å². The first kappa shape index (κ1) is 14.3. The van der Waals surface area contributed by atoms with Crippen molar-refractivity contribution in [3.8, 4) is 0 Å². The van der Waals surface area contributed by atoms with Gasteiger partial charge in [-0.3, -0.25) is 4.79 Å². The van der Waals surface area contributed by atoms with Crippen molar-refractivity contribution in [3.05, 3.63) is 52.8 Å². The molecule has 0 saturated carbocycles. The molecule has 0 aliphatic heterocycles. The van der Waals surface area contributed by atoms with E-state index < -0.39 is 0 Å². The minimum atomic E-state index is -0.376. The summed E-state index contributed by atoms with van der Waals surface area (Å²) in [5, 5.41) is 7.23. The van der Waals surface area contributed by atoms with Crippen LogP contribution in [-0.2, 0) is 0 Å². The lowest BCUT2D eigenvalue weighted by atomic mass is 10.1. The van der Waals surface area contributed by atoms with Crippen LogP contribution in [0.15, 0.2) is 28.8 Å². The first-order valence-electron chi connectivity index (χ1n) is 6.97. The molecule has 3 rings (SSSR count). The lowest BCUT2D eigenvalue weighted by molar-refractivity contribution is 0.0902. The summed E-state index contributed by atoms with van der Waals surface area (Å²) in [6.07, 6.45) is 0. The number of carbonyl (C=O) groups excluding carboxylic acids is 1. The molecule has 114 valence electrons. The van der Waals surface area contributed by atoms with Crippen molar-refractivity contribution in [3.63, 3.8) is 0 Å². The van der Waals surface area contributed by atoms with E-state index in [1.54, 1.807) is 19.9 Å². The highest BCUT2D eigenvalue weighted by atomic mass is 19.1. The molecule has 0 aliphatic rings. The van der Waals surface area contributed by atoms with Gasteiger partial charge in [0, 0.05) is 17.1 Å². The highest BCUT2D eigenvalue weighted by Crippen LogP contribution is 2.24. The maximum atomic E-state index is 14.1. The summed E-state index contributed by atoms with van der Waals surface area (Å²) in [7, 11) is 0. The van der Waals surface area contributed by atoms with Gasteiger partial charge in [-0.1, -0.05) is 5.16 Å². The van der Waals surface area contributed by atoms with Gasteiger partial charge in [0.15, 0.2) is 0 Å². The highest BCUT2D eigenvalue weighted by molar-refractivity contribution is 5.91. The van der Waals surface area contributed by atoms with Crippen molar-refractivity contribution >= 4 is 16.8 Å². The molecule has 6 heteroatoms. The van der Waals surface area contributed by atoms with Crippen molar-refractivity contribution in [2.45, 2.75) is 26.8 Å². The zero-order valence-corrected chi connectivity index (χ0v) is 12.5. The average molecular weight is 301 g/mol. The first-order valence-corrected chi connectivity index (χ1v) is 6.97. The average Bonchev–Trinajstić information content (AvgIpc) is 3.04. The number of halogens is 1. The van der Waals surface area contributed by atoms with Gasteiger partial charge < -0.3 is 14.8 Å². The molecule has 1 unspecified atom stereocenters. The molecule has 1 amide bonds. The van der Waals surface area contributed by atoms with Gasteiger partial charge in [0.2, 0.25) is 5.76 Å². The molecule has 0 spiro atoms. The third-order valence-corrected chi connectivity index (χ3v) is 3.54. The molecule has 0 bridgehead atoms. The Morgan fingerprint density at radius 3 is 2.77 bits per heavy atom. The predicted octanol–water partition coefficient (Wildman–Crippen LogP) is 3.40. The fourth-order valence-electron chi connectivity index (χ4n) is 2.43. The number of nitrogens with one attached hydrogen (secondary N) is 2. The number of benzene rings is 1. The predicted molar refractivity (Wildman–Crippen MR) is 80.1 cm³/mol. The van der Waals surface area contributed by atoms with E-state index in [2.05, 4.69) is 15.5 Å². The fraction of sp³-hybridized carbons (Fsp3) is 0.250. The number of aryl methyl sites for hydroxylation is 2. The Labute approximate surface area is 126 Å². The number of nitrogens with zero attached hydrogens (tertiary/aromatic N) is 1. The van der Waals surface area contributed by atoms with E-state index in [-0.39, 0.29) is 23.5 Å². The molecule has 2 N–H and O–H groups in total. The van der Waals surface area contributed by atoms with E-state index in [9.17, 15) is 9.18 Å². The molecule has 1 atom stereocenters. The van der Waals surface area contributed by atoms with Crippen LogP contribution in [-0.4, -0.2) is 16.0 Å². The Hall–Kier alpha value is -2.63. The second-order valence-electron chi connectivity index (χ2n) is 5.45. The van der Waals surface area contributed by atoms with Gasteiger partial charge in [0.1, 0.15) is 5.82 Å². The Balaban J connectivity index is 1.85. The number of fused-ring (bicyclic) bond motifs is 1. The number of aromatic nitrogens is 2. The number of hydrogen-bond acceptors (Lipinski definition) is 3. The van der Waals surface area contributed by atoms with Crippen LogP contribution in [0.1, 0.15) is 40.5 Å². The van der Waals surface area contributed by atoms with E-state index in [0.29, 0.717) is 16.8 Å². The number of H-pyrrole nitrogens is 1. The van der Waals surface area contributed by atoms with Crippen molar-refractivity contribution in [2.75, 3.05) is 0 Å². The molecule has 0 aliphatic carbocycles. The van der Waals surface area contributed by atoms with Gasteiger partial charge in [-0.2, -0.15) is 0 Å². The molecule has 2 aromatic heterocycles. The van der Waals surface area contributed by atoms with Crippen molar-refractivity contribution in [1.29, 1.82) is 0 Å². The number of rotatable bonds is 3. The smallest absolute Gasteiger partial charge is 0.290 e. The maximum Gasteiger partial charge on any atom is 0.290 e. The van der Waals surface area contributed by atoms with E-state index in [0.717, 1.165) is 11.1 Å². The van der Waals surface area contributed by atoms with Crippen LogP contribution < -0.4 is 5.32 Å². The number of hydrogen-bond donors (Lipinski definition) is 2. The van der Waals surface area contributed by atoms with E-state index >= 15 is 0 Å². The monoisotopic (exact) mass is 301 g/mol. The van der Waals surface area contributed by atoms with Gasteiger partial charge >= 0.3 is 0 Å².